The molecule has 0 atom stereocenters. The van der Waals surface area contributed by atoms with Gasteiger partial charge in [0.2, 0.25) is 35.0 Å². The maximum absolute atomic E-state index is 13.0. The number of halogens is 1. The molecule has 0 spiro atoms. The van der Waals surface area contributed by atoms with Crippen molar-refractivity contribution in [2.45, 2.75) is 55.0 Å². The summed E-state index contributed by atoms with van der Waals surface area (Å²) in [5.41, 5.74) is 2.15. The average molecular weight is 1470 g/mol. The quantitative estimate of drug-likeness (QED) is 0.0182. The van der Waals surface area contributed by atoms with E-state index < -0.39 is 161 Å². The van der Waals surface area contributed by atoms with Crippen molar-refractivity contribution in [3.8, 4) is 5.75 Å². The fraction of sp³-hybridized carbons (Fsp3) is 0.0612. The van der Waals surface area contributed by atoms with Crippen molar-refractivity contribution in [1.29, 1.82) is 0 Å². The van der Waals surface area contributed by atoms with Gasteiger partial charge in [0.05, 0.1) is 25.8 Å². The number of hydrogen-bond acceptors (Lipinski definition) is 31. The summed E-state index contributed by atoms with van der Waals surface area (Å²) >= 11 is 6.15. The highest BCUT2D eigenvalue weighted by molar-refractivity contribution is 7.87. The van der Waals surface area contributed by atoms with Gasteiger partial charge in [-0.2, -0.15) is 88.8 Å². The molecule has 0 bridgehead atoms. The van der Waals surface area contributed by atoms with Crippen molar-refractivity contribution in [2.75, 3.05) is 32.3 Å². The number of phenolic OH excluding ortho intramolecular Hbond substituents is 1. The molecule has 7 aromatic carbocycles. The van der Waals surface area contributed by atoms with E-state index in [2.05, 4.69) is 76.9 Å². The molecule has 2 aromatic heterocycles. The van der Waals surface area contributed by atoms with Crippen LogP contribution in [0, 0.1) is 20.8 Å². The van der Waals surface area contributed by atoms with E-state index in [9.17, 15) is 95.9 Å². The molecule has 0 saturated heterocycles. The lowest BCUT2D eigenvalue weighted by Gasteiger charge is -2.15. The number of phenols is 1. The monoisotopic (exact) mass is 1460 g/mol. The molecule has 498 valence electrons. The van der Waals surface area contributed by atoms with E-state index in [0.717, 1.165) is 72.8 Å². The highest BCUT2D eigenvalue weighted by Crippen LogP contribution is 2.49. The normalized spacial score (nSPS) is 12.7. The largest absolute Gasteiger partial charge is 0.505 e. The summed E-state index contributed by atoms with van der Waals surface area (Å²) in [6.07, 6.45) is 0. The van der Waals surface area contributed by atoms with Gasteiger partial charge in [-0.1, -0.05) is 0 Å². The zero-order valence-corrected chi connectivity index (χ0v) is 53.9. The topological polar surface area (TPSA) is 614 Å². The third-order valence-electron chi connectivity index (χ3n) is 12.8. The molecule has 0 unspecified atom stereocenters. The van der Waals surface area contributed by atoms with E-state index in [0.29, 0.717) is 12.1 Å². The van der Waals surface area contributed by atoms with Crippen LogP contribution in [0.2, 0.25) is 5.28 Å². The Labute approximate surface area is 540 Å². The molecule has 0 aliphatic heterocycles. The summed E-state index contributed by atoms with van der Waals surface area (Å²) in [4.78, 5) is 18.7. The van der Waals surface area contributed by atoms with Crippen LogP contribution in [0.25, 0.3) is 10.8 Å². The molecular weight excluding hydrogens is 1420 g/mol. The fourth-order valence-corrected chi connectivity index (χ4v) is 12.9. The highest BCUT2D eigenvalue weighted by Gasteiger charge is 2.30. The number of nitrogen functional groups attached to an aromatic ring is 1. The fourth-order valence-electron chi connectivity index (χ4n) is 8.53. The number of anilines is 11. The van der Waals surface area contributed by atoms with Gasteiger partial charge in [-0.3, -0.25) is 31.9 Å². The van der Waals surface area contributed by atoms with Crippen LogP contribution < -0.4 is 32.3 Å². The van der Waals surface area contributed by atoms with Crippen molar-refractivity contribution >= 4 is 180 Å². The van der Waals surface area contributed by atoms with Crippen LogP contribution >= 0.6 is 11.6 Å². The van der Waals surface area contributed by atoms with Crippen molar-refractivity contribution in [3.63, 3.8) is 0 Å². The number of nitrogens with zero attached hydrogens (tertiary/aromatic N) is 10. The first-order chi connectivity index (χ1) is 43.9. The van der Waals surface area contributed by atoms with Gasteiger partial charge in [0.25, 0.3) is 70.8 Å². The molecule has 38 nitrogen and oxygen atoms in total. The molecule has 95 heavy (non-hydrogen) atoms. The molecule has 2 heterocycles. The van der Waals surface area contributed by atoms with Crippen LogP contribution in [0.15, 0.2) is 158 Å². The summed E-state index contributed by atoms with van der Waals surface area (Å²) in [5, 5.41) is 38.6. The Morgan fingerprint density at radius 2 is 0.695 bits per heavy atom. The van der Waals surface area contributed by atoms with Gasteiger partial charge in [-0.25, -0.2) is 0 Å². The summed E-state index contributed by atoms with van der Waals surface area (Å²) in [6, 6.07) is 16.4. The first kappa shape index (κ1) is 69.6. The first-order valence-electron chi connectivity index (χ1n) is 25.3. The van der Waals surface area contributed by atoms with Crippen LogP contribution in [0.3, 0.4) is 0 Å². The number of aromatic nitrogens is 6. The molecular formula is C49H41ClN16O22S7. The minimum absolute atomic E-state index is 0.170. The number of azo groups is 2. The number of hydrogen-bond donors (Lipinski definition) is 14. The van der Waals surface area contributed by atoms with E-state index in [1.165, 1.54) is 39.0 Å². The van der Waals surface area contributed by atoms with Crippen LogP contribution in [-0.2, 0) is 70.8 Å². The van der Waals surface area contributed by atoms with Gasteiger partial charge in [-0.05, 0) is 158 Å². The summed E-state index contributed by atoms with van der Waals surface area (Å²) in [6.45, 7) is 4.38. The summed E-state index contributed by atoms with van der Waals surface area (Å²) in [5.74, 6) is -3.06. The molecule has 0 fully saturated rings. The zero-order chi connectivity index (χ0) is 69.9. The molecule has 0 aliphatic rings. The number of fused-ring (bicyclic) bond motifs is 1. The minimum atomic E-state index is -5.64. The molecule has 15 N–H and O–H groups in total. The second-order valence-electron chi connectivity index (χ2n) is 19.5. The van der Waals surface area contributed by atoms with Crippen LogP contribution in [0.1, 0.15) is 16.7 Å². The predicted octanol–water partition coefficient (Wildman–Crippen LogP) is 8.35. The van der Waals surface area contributed by atoms with E-state index in [1.807, 2.05) is 0 Å². The number of benzene rings is 7. The van der Waals surface area contributed by atoms with Gasteiger partial charge >= 0.3 is 0 Å². The standard InChI is InChI=1S/C49H41ClN16O22S7/c1-21-14-27(89(68,69)70)6-9-30(21)54-47-58-44(50)57-45(59-47)52-25-4-12-35(92(77,78)79)33(19-25)63-65-41-37(94(83,84)85)17-24-18-38(95(86,87)88)42(43(67)39(24)40(41)51)66-64-34-20-26(5-13-36(34)93(80,81)82)53-46-60-48(55-31-10-7-28(15-22(31)2)90(71,72)73)62-49(61-46)56-32-11-8-29(16-23(32)3)91(74,75)76/h4-20,67H,51H2,1-3H3,(H,68,69,70)(H,71,72,73)(H,74,75,76)(H,77,78,79)(H,80,81,82)(H,83,84,85)(H,86,87,88)(H2,52,54,57,58,59)(H3,53,55,56,60,61,62). The van der Waals surface area contributed by atoms with Gasteiger partial charge in [0.1, 0.15) is 42.3 Å². The first-order valence-corrected chi connectivity index (χ1v) is 35.8. The average Bonchev–Trinajstić information content (AvgIpc) is 0.740. The number of aromatic hydroxyl groups is 1. The number of aryl methyl sites for hydroxylation is 3. The Hall–Kier alpha value is -9.72. The lowest BCUT2D eigenvalue weighted by atomic mass is 10.1. The van der Waals surface area contributed by atoms with Crippen molar-refractivity contribution in [3.05, 3.63) is 125 Å². The van der Waals surface area contributed by atoms with E-state index in [-0.39, 0.29) is 68.9 Å². The van der Waals surface area contributed by atoms with E-state index in [4.69, 9.17) is 17.3 Å². The molecule has 0 amide bonds. The predicted molar refractivity (Wildman–Crippen MR) is 335 cm³/mol. The van der Waals surface area contributed by atoms with E-state index >= 15 is 0 Å². The Morgan fingerprint density at radius 1 is 0.379 bits per heavy atom. The van der Waals surface area contributed by atoms with Crippen LogP contribution in [-0.4, -0.2) is 126 Å². The van der Waals surface area contributed by atoms with Gasteiger partial charge in [0.15, 0.2) is 5.75 Å². The van der Waals surface area contributed by atoms with Gasteiger partial charge < -0.3 is 37.4 Å². The lowest BCUT2D eigenvalue weighted by Crippen LogP contribution is -2.09. The Morgan fingerprint density at radius 3 is 1.03 bits per heavy atom. The molecule has 0 radical (unpaired) electrons. The Balaban J connectivity index is 1.11. The lowest BCUT2D eigenvalue weighted by molar-refractivity contribution is 0.472. The van der Waals surface area contributed by atoms with Crippen molar-refractivity contribution in [1.82, 2.24) is 29.9 Å². The van der Waals surface area contributed by atoms with Crippen LogP contribution in [0.4, 0.5) is 86.6 Å². The number of rotatable bonds is 21. The van der Waals surface area contributed by atoms with Crippen molar-refractivity contribution in [2.24, 2.45) is 20.5 Å². The summed E-state index contributed by atoms with van der Waals surface area (Å²) < 4.78 is 244. The maximum Gasteiger partial charge on any atom is 0.296 e. The second kappa shape index (κ2) is 25.5. The zero-order valence-electron chi connectivity index (χ0n) is 47.4. The Kier molecular flexibility index (Phi) is 18.7. The van der Waals surface area contributed by atoms with E-state index in [1.54, 1.807) is 0 Å². The molecule has 9 aromatic rings. The molecule has 46 heteroatoms. The molecule has 9 rings (SSSR count). The SMILES string of the molecule is Cc1cc(S(=O)(=O)O)ccc1Nc1nc(Cl)nc(Nc2ccc(S(=O)(=O)O)c(N=Nc3c(S(=O)(=O)O)cc4cc(S(=O)(=O)O)c(N=Nc5cc(Nc6nc(Nc7ccc(S(=O)(=O)O)cc7C)nc(Nc7ccc(S(=O)(=O)O)cc7C)n6)ccc5S(=O)(=O)O)c(O)c4c3N)c2)n1. The summed E-state index contributed by atoms with van der Waals surface area (Å²) in [7, 11) is -35.7. The van der Waals surface area contributed by atoms with Crippen LogP contribution in [0.5, 0.6) is 5.75 Å². The number of nitrogens with one attached hydrogen (secondary N) is 5. The number of nitrogens with two attached hydrogens (primary N) is 1. The Bertz CT molecular complexity index is 5560. The third kappa shape index (κ3) is 16.3. The highest BCUT2D eigenvalue weighted by atomic mass is 35.5. The minimum Gasteiger partial charge on any atom is -0.505 e. The van der Waals surface area contributed by atoms with Gasteiger partial charge in [-0.15, -0.1) is 20.5 Å². The third-order valence-corrected chi connectivity index (χ3v) is 19.1. The van der Waals surface area contributed by atoms with Gasteiger partial charge in [0, 0.05) is 28.4 Å². The molecule has 0 saturated carbocycles. The second-order valence-corrected chi connectivity index (χ2v) is 29.7. The smallest absolute Gasteiger partial charge is 0.296 e. The molecule has 0 aliphatic carbocycles. The van der Waals surface area contributed by atoms with Crippen molar-refractivity contribution < 1.29 is 95.9 Å². The maximum atomic E-state index is 13.0.